The van der Waals surface area contributed by atoms with Gasteiger partial charge in [0.25, 0.3) is 5.91 Å². The number of hydrogen-bond acceptors (Lipinski definition) is 5. The van der Waals surface area contributed by atoms with E-state index in [0.717, 1.165) is 5.56 Å². The minimum absolute atomic E-state index is 0.0406. The first-order valence-corrected chi connectivity index (χ1v) is 9.53. The first-order valence-electron chi connectivity index (χ1n) is 9.53. The lowest BCUT2D eigenvalue weighted by Gasteiger charge is -2.34. The summed E-state index contributed by atoms with van der Waals surface area (Å²) in [6.07, 6.45) is 1.46. The topological polar surface area (TPSA) is 128 Å². The van der Waals surface area contributed by atoms with Crippen molar-refractivity contribution in [1.82, 2.24) is 16.1 Å². The van der Waals surface area contributed by atoms with E-state index in [2.05, 4.69) is 17.2 Å². The summed E-state index contributed by atoms with van der Waals surface area (Å²) in [5.74, 6) is -3.39. The molecule has 0 aliphatic carbocycles. The van der Waals surface area contributed by atoms with E-state index in [0.29, 0.717) is 0 Å². The van der Waals surface area contributed by atoms with Crippen molar-refractivity contribution < 1.29 is 24.7 Å². The number of likely N-dealkylation sites (N-methyl/N-ethyl adjacent to an activating group) is 1. The number of nitrogens with one attached hydrogen (secondary N) is 3. The molecule has 5 N–H and O–H groups in total. The Morgan fingerprint density at radius 1 is 1.17 bits per heavy atom. The third-order valence-electron chi connectivity index (χ3n) is 4.71. The van der Waals surface area contributed by atoms with E-state index in [-0.39, 0.29) is 25.2 Å². The zero-order chi connectivity index (χ0) is 22.0. The van der Waals surface area contributed by atoms with Gasteiger partial charge in [-0.2, -0.15) is 0 Å². The number of benzene rings is 1. The first-order chi connectivity index (χ1) is 13.7. The molecule has 1 aromatic carbocycles. The number of aliphatic hydroxyl groups is 1. The zero-order valence-electron chi connectivity index (χ0n) is 17.1. The van der Waals surface area contributed by atoms with Gasteiger partial charge >= 0.3 is 0 Å². The molecule has 0 saturated carbocycles. The minimum atomic E-state index is -2.20. The predicted molar refractivity (Wildman–Crippen MR) is 109 cm³/mol. The van der Waals surface area contributed by atoms with Gasteiger partial charge in [-0.1, -0.05) is 50.3 Å². The normalized spacial score (nSPS) is 15.0. The number of amides is 3. The summed E-state index contributed by atoms with van der Waals surface area (Å²) in [4.78, 5) is 37.6. The van der Waals surface area contributed by atoms with E-state index in [1.54, 1.807) is 0 Å². The SMILES string of the molecule is C=CC[C@](O)(C(=O)NO)[C@@H](CC(C)C)C(=O)N[C@@H](Cc1ccccc1)C(=O)NC. The fraction of sp³-hybridized carbons (Fsp3) is 0.476. The summed E-state index contributed by atoms with van der Waals surface area (Å²) in [7, 11) is 1.46. The molecule has 0 aromatic heterocycles. The summed E-state index contributed by atoms with van der Waals surface area (Å²) in [5.41, 5.74) is 0.0703. The van der Waals surface area contributed by atoms with Crippen LogP contribution in [0.4, 0.5) is 0 Å². The highest BCUT2D eigenvalue weighted by atomic mass is 16.5. The van der Waals surface area contributed by atoms with E-state index in [9.17, 15) is 19.5 Å². The molecule has 160 valence electrons. The van der Waals surface area contributed by atoms with Crippen molar-refractivity contribution in [3.05, 3.63) is 48.6 Å². The molecule has 0 radical (unpaired) electrons. The summed E-state index contributed by atoms with van der Waals surface area (Å²) >= 11 is 0. The van der Waals surface area contributed by atoms with Crippen LogP contribution in [0, 0.1) is 11.8 Å². The lowest BCUT2D eigenvalue weighted by atomic mass is 9.78. The van der Waals surface area contributed by atoms with Crippen molar-refractivity contribution in [2.45, 2.75) is 44.8 Å². The molecule has 1 aromatic rings. The Kier molecular flexibility index (Phi) is 9.50. The average molecular weight is 405 g/mol. The Morgan fingerprint density at radius 2 is 1.79 bits per heavy atom. The van der Waals surface area contributed by atoms with E-state index in [1.807, 2.05) is 44.2 Å². The molecule has 29 heavy (non-hydrogen) atoms. The van der Waals surface area contributed by atoms with Crippen LogP contribution in [-0.2, 0) is 20.8 Å². The lowest BCUT2D eigenvalue weighted by molar-refractivity contribution is -0.161. The lowest BCUT2D eigenvalue weighted by Crippen LogP contribution is -2.58. The molecule has 0 unspecified atom stereocenters. The standard InChI is InChI=1S/C21H31N3O5/c1-5-11-21(28,20(27)24-29)16(12-14(2)3)18(25)23-17(19(26)22-4)13-15-9-7-6-8-10-15/h5-10,14,16-17,28-29H,1,11-13H2,2-4H3,(H,22,26)(H,23,25)(H,24,27)/t16-,17-,21+/m0/s1. The number of hydrogen-bond donors (Lipinski definition) is 5. The largest absolute Gasteiger partial charge is 0.379 e. The van der Waals surface area contributed by atoms with Gasteiger partial charge in [-0.15, -0.1) is 6.58 Å². The van der Waals surface area contributed by atoms with Crippen molar-refractivity contribution >= 4 is 17.7 Å². The third-order valence-corrected chi connectivity index (χ3v) is 4.71. The quantitative estimate of drug-likeness (QED) is 0.213. The van der Waals surface area contributed by atoms with Crippen LogP contribution in [0.2, 0.25) is 0 Å². The first kappa shape index (κ1) is 24.3. The molecule has 0 fully saturated rings. The number of carbonyl (C=O) groups is 3. The summed E-state index contributed by atoms with van der Waals surface area (Å²) in [6, 6.07) is 8.28. The Hall–Kier alpha value is -2.71. The monoisotopic (exact) mass is 405 g/mol. The molecule has 8 heteroatoms. The van der Waals surface area contributed by atoms with Gasteiger partial charge in [0.15, 0.2) is 5.60 Å². The molecule has 0 aliphatic rings. The predicted octanol–water partition coefficient (Wildman–Crippen LogP) is 0.935. The second-order valence-electron chi connectivity index (χ2n) is 7.41. The van der Waals surface area contributed by atoms with Gasteiger partial charge in [0.1, 0.15) is 6.04 Å². The molecular formula is C21H31N3O5. The fourth-order valence-electron chi connectivity index (χ4n) is 3.21. The summed E-state index contributed by atoms with van der Waals surface area (Å²) in [6.45, 7) is 7.20. The highest BCUT2D eigenvalue weighted by molar-refractivity contribution is 5.94. The summed E-state index contributed by atoms with van der Waals surface area (Å²) in [5, 5.41) is 25.2. The van der Waals surface area contributed by atoms with Gasteiger partial charge < -0.3 is 15.7 Å². The van der Waals surface area contributed by atoms with Crippen molar-refractivity contribution in [1.29, 1.82) is 0 Å². The maximum absolute atomic E-state index is 13.1. The smallest absolute Gasteiger partial charge is 0.276 e. The van der Waals surface area contributed by atoms with Crippen molar-refractivity contribution in [2.75, 3.05) is 7.05 Å². The molecule has 0 saturated heterocycles. The van der Waals surface area contributed by atoms with Crippen molar-refractivity contribution in [3.63, 3.8) is 0 Å². The molecule has 0 spiro atoms. The van der Waals surface area contributed by atoms with E-state index in [4.69, 9.17) is 5.21 Å². The van der Waals surface area contributed by atoms with Gasteiger partial charge in [-0.25, -0.2) is 5.48 Å². The second kappa shape index (κ2) is 11.3. The van der Waals surface area contributed by atoms with E-state index in [1.165, 1.54) is 18.6 Å². The highest BCUT2D eigenvalue weighted by Gasteiger charge is 2.47. The molecule has 0 bridgehead atoms. The van der Waals surface area contributed by atoms with Crippen LogP contribution in [0.25, 0.3) is 0 Å². The molecule has 3 amide bonds. The van der Waals surface area contributed by atoms with Gasteiger partial charge in [-0.05, 0) is 17.9 Å². The highest BCUT2D eigenvalue weighted by Crippen LogP contribution is 2.29. The van der Waals surface area contributed by atoms with Crippen LogP contribution >= 0.6 is 0 Å². The van der Waals surface area contributed by atoms with Gasteiger partial charge in [0, 0.05) is 19.9 Å². The molecule has 0 heterocycles. The Labute approximate surface area is 171 Å². The van der Waals surface area contributed by atoms with Crippen LogP contribution in [0.3, 0.4) is 0 Å². The van der Waals surface area contributed by atoms with Crippen molar-refractivity contribution in [3.8, 4) is 0 Å². The van der Waals surface area contributed by atoms with Crippen LogP contribution in [0.5, 0.6) is 0 Å². The molecular weight excluding hydrogens is 374 g/mol. The summed E-state index contributed by atoms with van der Waals surface area (Å²) < 4.78 is 0. The second-order valence-corrected chi connectivity index (χ2v) is 7.41. The van der Waals surface area contributed by atoms with Crippen LogP contribution < -0.4 is 16.1 Å². The average Bonchev–Trinajstić information content (AvgIpc) is 2.70. The van der Waals surface area contributed by atoms with Gasteiger partial charge in [-0.3, -0.25) is 19.6 Å². The molecule has 8 nitrogen and oxygen atoms in total. The van der Waals surface area contributed by atoms with E-state index >= 15 is 0 Å². The van der Waals surface area contributed by atoms with Crippen LogP contribution in [0.15, 0.2) is 43.0 Å². The molecule has 0 aliphatic heterocycles. The Balaban J connectivity index is 3.19. The number of carbonyl (C=O) groups excluding carboxylic acids is 3. The fourth-order valence-corrected chi connectivity index (χ4v) is 3.21. The van der Waals surface area contributed by atoms with Crippen LogP contribution in [0.1, 0.15) is 32.3 Å². The van der Waals surface area contributed by atoms with E-state index < -0.39 is 35.3 Å². The zero-order valence-corrected chi connectivity index (χ0v) is 17.1. The molecule has 1 rings (SSSR count). The minimum Gasteiger partial charge on any atom is -0.379 e. The number of rotatable bonds is 11. The Morgan fingerprint density at radius 3 is 2.28 bits per heavy atom. The maximum atomic E-state index is 13.1. The third kappa shape index (κ3) is 6.69. The van der Waals surface area contributed by atoms with Crippen molar-refractivity contribution in [2.24, 2.45) is 11.8 Å². The number of hydroxylamine groups is 1. The van der Waals surface area contributed by atoms with Crippen LogP contribution in [-0.4, -0.2) is 46.7 Å². The maximum Gasteiger partial charge on any atom is 0.276 e. The molecule has 3 atom stereocenters. The van der Waals surface area contributed by atoms with Gasteiger partial charge in [0.2, 0.25) is 11.8 Å². The van der Waals surface area contributed by atoms with Gasteiger partial charge in [0.05, 0.1) is 5.92 Å². The Bertz CT molecular complexity index is 708.